The summed E-state index contributed by atoms with van der Waals surface area (Å²) in [4.78, 5) is 13.0. The molecular weight excluding hydrogens is 370 g/mol. The Labute approximate surface area is 171 Å². The summed E-state index contributed by atoms with van der Waals surface area (Å²) in [6, 6.07) is 25.1. The molecule has 0 radical (unpaired) electrons. The summed E-state index contributed by atoms with van der Waals surface area (Å²) < 4.78 is 5.96. The van der Waals surface area contributed by atoms with Gasteiger partial charge in [-0.2, -0.15) is 0 Å². The second kappa shape index (κ2) is 9.43. The lowest BCUT2D eigenvalue weighted by molar-refractivity contribution is -0.128. The van der Waals surface area contributed by atoms with E-state index in [1.807, 2.05) is 80.6 Å². The second-order valence-electron chi connectivity index (χ2n) is 6.69. The summed E-state index contributed by atoms with van der Waals surface area (Å²) in [5.41, 5.74) is 2.97. The van der Waals surface area contributed by atoms with Gasteiger partial charge >= 0.3 is 0 Å². The van der Waals surface area contributed by atoms with Gasteiger partial charge in [-0.25, -0.2) is 0 Å². The molecule has 0 fully saturated rings. The molecule has 1 N–H and O–H groups in total. The third-order valence-electron chi connectivity index (χ3n) is 4.62. The maximum atomic E-state index is 13.0. The summed E-state index contributed by atoms with van der Waals surface area (Å²) in [6.07, 6.45) is -0.0282. The predicted molar refractivity (Wildman–Crippen MR) is 114 cm³/mol. The van der Waals surface area contributed by atoms with E-state index in [0.717, 1.165) is 16.7 Å². The van der Waals surface area contributed by atoms with Crippen LogP contribution in [-0.4, -0.2) is 12.0 Å². The first-order valence-electron chi connectivity index (χ1n) is 9.41. The van der Waals surface area contributed by atoms with Crippen LogP contribution >= 0.6 is 11.6 Å². The normalized spacial score (nSPS) is 11.9. The summed E-state index contributed by atoms with van der Waals surface area (Å²) in [5, 5.41) is 3.84. The van der Waals surface area contributed by atoms with Crippen molar-refractivity contribution in [1.29, 1.82) is 0 Å². The Bertz CT molecular complexity index is 873. The molecule has 3 aromatic rings. The smallest absolute Gasteiger partial charge is 0.261 e. The van der Waals surface area contributed by atoms with Gasteiger partial charge in [0.15, 0.2) is 6.10 Å². The minimum Gasteiger partial charge on any atom is -0.481 e. The van der Waals surface area contributed by atoms with Crippen molar-refractivity contribution in [3.05, 3.63) is 101 Å². The van der Waals surface area contributed by atoms with Crippen LogP contribution < -0.4 is 10.1 Å². The van der Waals surface area contributed by atoms with E-state index < -0.39 is 6.10 Å². The van der Waals surface area contributed by atoms with Gasteiger partial charge in [0.05, 0.1) is 6.04 Å². The highest BCUT2D eigenvalue weighted by Gasteiger charge is 2.23. The van der Waals surface area contributed by atoms with Gasteiger partial charge in [0.2, 0.25) is 0 Å². The van der Waals surface area contributed by atoms with Gasteiger partial charge in [0.1, 0.15) is 5.75 Å². The van der Waals surface area contributed by atoms with E-state index >= 15 is 0 Å². The van der Waals surface area contributed by atoms with E-state index in [2.05, 4.69) is 5.32 Å². The molecule has 0 saturated carbocycles. The van der Waals surface area contributed by atoms with Gasteiger partial charge in [-0.15, -0.1) is 0 Å². The summed E-state index contributed by atoms with van der Waals surface area (Å²) in [6.45, 7) is 3.85. The number of carbonyl (C=O) groups excluding carboxylic acids is 1. The van der Waals surface area contributed by atoms with Gasteiger partial charge < -0.3 is 10.1 Å². The summed E-state index contributed by atoms with van der Waals surface area (Å²) >= 11 is 6.08. The van der Waals surface area contributed by atoms with E-state index in [9.17, 15) is 4.79 Å². The zero-order valence-corrected chi connectivity index (χ0v) is 16.8. The predicted octanol–water partition coefficient (Wildman–Crippen LogP) is 5.71. The van der Waals surface area contributed by atoms with Crippen molar-refractivity contribution in [3.8, 4) is 5.75 Å². The topological polar surface area (TPSA) is 38.3 Å². The number of ether oxygens (including phenoxy) is 1. The highest BCUT2D eigenvalue weighted by atomic mass is 35.5. The average Bonchev–Trinajstić information content (AvgIpc) is 2.74. The Morgan fingerprint density at radius 2 is 1.54 bits per heavy atom. The van der Waals surface area contributed by atoms with Gasteiger partial charge in [0.25, 0.3) is 5.91 Å². The van der Waals surface area contributed by atoms with Gasteiger partial charge in [-0.3, -0.25) is 4.79 Å². The lowest BCUT2D eigenvalue weighted by Crippen LogP contribution is -2.40. The van der Waals surface area contributed by atoms with E-state index in [1.54, 1.807) is 12.1 Å². The SMILES string of the molecule is CC[C@@H](Oc1ccc(Cl)c(C)c1)C(=O)NC(c1ccccc1)c1ccccc1. The number of rotatable bonds is 7. The Hall–Kier alpha value is -2.78. The molecule has 1 amide bonds. The number of hydrogen-bond donors (Lipinski definition) is 1. The minimum atomic E-state index is -0.588. The number of nitrogens with one attached hydrogen (secondary N) is 1. The lowest BCUT2D eigenvalue weighted by Gasteiger charge is -2.24. The first-order chi connectivity index (χ1) is 13.6. The molecule has 0 heterocycles. The number of aryl methyl sites for hydroxylation is 1. The average molecular weight is 394 g/mol. The van der Waals surface area contributed by atoms with Crippen molar-refractivity contribution in [2.45, 2.75) is 32.4 Å². The van der Waals surface area contributed by atoms with Gasteiger partial charge in [-0.1, -0.05) is 79.2 Å². The second-order valence-corrected chi connectivity index (χ2v) is 7.10. The first-order valence-corrected chi connectivity index (χ1v) is 9.79. The van der Waals surface area contributed by atoms with Crippen LogP contribution in [0.5, 0.6) is 5.75 Å². The molecule has 0 spiro atoms. The van der Waals surface area contributed by atoms with Crippen LogP contribution in [0.4, 0.5) is 0 Å². The molecule has 0 aromatic heterocycles. The quantitative estimate of drug-likeness (QED) is 0.558. The molecule has 3 rings (SSSR count). The van der Waals surface area contributed by atoms with Crippen LogP contribution in [0.1, 0.15) is 36.1 Å². The van der Waals surface area contributed by atoms with Crippen molar-refractivity contribution in [2.24, 2.45) is 0 Å². The zero-order chi connectivity index (χ0) is 19.9. The van der Waals surface area contributed by atoms with Crippen molar-refractivity contribution < 1.29 is 9.53 Å². The number of hydrogen-bond acceptors (Lipinski definition) is 2. The van der Waals surface area contributed by atoms with Crippen molar-refractivity contribution >= 4 is 17.5 Å². The third-order valence-corrected chi connectivity index (χ3v) is 5.05. The molecule has 28 heavy (non-hydrogen) atoms. The zero-order valence-electron chi connectivity index (χ0n) is 16.1. The molecule has 3 aromatic carbocycles. The highest BCUT2D eigenvalue weighted by Crippen LogP contribution is 2.24. The monoisotopic (exact) mass is 393 g/mol. The third kappa shape index (κ3) is 4.93. The molecule has 1 atom stereocenters. The van der Waals surface area contributed by atoms with E-state index in [4.69, 9.17) is 16.3 Å². The van der Waals surface area contributed by atoms with Crippen LogP contribution in [0, 0.1) is 6.92 Å². The molecule has 0 aliphatic heterocycles. The van der Waals surface area contributed by atoms with Gasteiger partial charge in [0, 0.05) is 5.02 Å². The van der Waals surface area contributed by atoms with Crippen molar-refractivity contribution in [3.63, 3.8) is 0 Å². The molecule has 0 aliphatic carbocycles. The highest BCUT2D eigenvalue weighted by molar-refractivity contribution is 6.31. The maximum absolute atomic E-state index is 13.0. The molecule has 0 aliphatic rings. The first kappa shape index (κ1) is 20.0. The molecule has 0 saturated heterocycles. The Morgan fingerprint density at radius 3 is 2.04 bits per heavy atom. The van der Waals surface area contributed by atoms with Gasteiger partial charge in [-0.05, 0) is 48.2 Å². The fourth-order valence-corrected chi connectivity index (χ4v) is 3.18. The van der Waals surface area contributed by atoms with E-state index in [0.29, 0.717) is 17.2 Å². The number of carbonyl (C=O) groups is 1. The van der Waals surface area contributed by atoms with Crippen LogP contribution in [0.3, 0.4) is 0 Å². The maximum Gasteiger partial charge on any atom is 0.261 e. The Kier molecular flexibility index (Phi) is 6.72. The molecule has 3 nitrogen and oxygen atoms in total. The van der Waals surface area contributed by atoms with Crippen LogP contribution in [0.2, 0.25) is 5.02 Å². The fourth-order valence-electron chi connectivity index (χ4n) is 3.06. The molecule has 144 valence electrons. The van der Waals surface area contributed by atoms with E-state index in [-0.39, 0.29) is 11.9 Å². The fraction of sp³-hybridized carbons (Fsp3) is 0.208. The Morgan fingerprint density at radius 1 is 0.964 bits per heavy atom. The van der Waals surface area contributed by atoms with E-state index in [1.165, 1.54) is 0 Å². The summed E-state index contributed by atoms with van der Waals surface area (Å²) in [5.74, 6) is 0.493. The lowest BCUT2D eigenvalue weighted by atomic mass is 9.98. The Balaban J connectivity index is 1.80. The molecule has 0 bridgehead atoms. The minimum absolute atomic E-state index is 0.146. The van der Waals surface area contributed by atoms with Crippen LogP contribution in [0.15, 0.2) is 78.9 Å². The number of benzene rings is 3. The van der Waals surface area contributed by atoms with Crippen LogP contribution in [0.25, 0.3) is 0 Å². The standard InChI is InChI=1S/C24H24ClNO2/c1-3-22(28-20-14-15-21(25)17(2)16-20)24(27)26-23(18-10-6-4-7-11-18)19-12-8-5-9-13-19/h4-16,22-23H,3H2,1-2H3,(H,26,27)/t22-/m1/s1. The molecule has 0 unspecified atom stereocenters. The number of halogens is 1. The van der Waals surface area contributed by atoms with Crippen LogP contribution in [-0.2, 0) is 4.79 Å². The number of amides is 1. The van der Waals surface area contributed by atoms with Crippen molar-refractivity contribution in [1.82, 2.24) is 5.32 Å². The van der Waals surface area contributed by atoms with Crippen molar-refractivity contribution in [2.75, 3.05) is 0 Å². The molecule has 4 heteroatoms. The molecular formula is C24H24ClNO2. The summed E-state index contributed by atoms with van der Waals surface area (Å²) in [7, 11) is 0. The largest absolute Gasteiger partial charge is 0.481 e.